The molecule has 6 nitrogen and oxygen atoms in total. The molecular weight excluding hydrogens is 382 g/mol. The van der Waals surface area contributed by atoms with Gasteiger partial charge in [-0.15, -0.1) is 11.3 Å². The third-order valence-electron chi connectivity index (χ3n) is 4.52. The van der Waals surface area contributed by atoms with Gasteiger partial charge in [0.05, 0.1) is 23.0 Å². The van der Waals surface area contributed by atoms with Crippen molar-refractivity contribution in [3.8, 4) is 16.6 Å². The van der Waals surface area contributed by atoms with E-state index in [0.717, 1.165) is 43.1 Å². The monoisotopic (exact) mass is 405 g/mol. The molecule has 1 fully saturated rings. The zero-order chi connectivity index (χ0) is 20.6. The number of hydrogen-bond donors (Lipinski definition) is 2. The summed E-state index contributed by atoms with van der Waals surface area (Å²) in [6, 6.07) is 9.33. The summed E-state index contributed by atoms with van der Waals surface area (Å²) in [5.41, 5.74) is 3.42. The number of nitrogens with one attached hydrogen (secondary N) is 2. The number of allylic oxidation sites excluding steroid dienone is 3. The Hall–Kier alpha value is -3.21. The van der Waals surface area contributed by atoms with Crippen LogP contribution in [0.4, 0.5) is 0 Å². The van der Waals surface area contributed by atoms with E-state index >= 15 is 0 Å². The average Bonchev–Trinajstić information content (AvgIpc) is 3.27. The predicted octanol–water partition coefficient (Wildman–Crippen LogP) is 3.29. The van der Waals surface area contributed by atoms with Gasteiger partial charge in [-0.05, 0) is 25.1 Å². The summed E-state index contributed by atoms with van der Waals surface area (Å²) in [6.07, 6.45) is 5.54. The molecular formula is C22H23N5OS. The van der Waals surface area contributed by atoms with Crippen LogP contribution in [0.25, 0.3) is 10.6 Å². The molecule has 29 heavy (non-hydrogen) atoms. The minimum atomic E-state index is -0.262. The van der Waals surface area contributed by atoms with E-state index in [9.17, 15) is 4.79 Å². The second-order valence-corrected chi connectivity index (χ2v) is 7.27. The Bertz CT molecular complexity index is 993. The number of nitrogens with zero attached hydrogens (tertiary/aromatic N) is 3. The zero-order valence-corrected chi connectivity index (χ0v) is 17.1. The second-order valence-electron chi connectivity index (χ2n) is 6.41. The standard InChI is InChI=1S/C22H23N5OS/c1-3-6-20(27-11-9-24-10-12-27)18(4-2)25-21(28)19-15-29-22(26-19)17-8-5-7-16(13-17)14-23/h3-8,13,15,24H,1,9-12H2,2H3,(H,25,28)/b18-4+,20-6+. The van der Waals surface area contributed by atoms with Gasteiger partial charge in [0.25, 0.3) is 5.91 Å². The quantitative estimate of drug-likeness (QED) is 0.721. The number of aromatic nitrogens is 1. The third kappa shape index (κ3) is 4.99. The molecule has 2 heterocycles. The molecule has 1 amide bonds. The topological polar surface area (TPSA) is 81.0 Å². The van der Waals surface area contributed by atoms with Gasteiger partial charge in [-0.25, -0.2) is 4.98 Å². The van der Waals surface area contributed by atoms with Gasteiger partial charge in [-0.1, -0.05) is 30.9 Å². The highest BCUT2D eigenvalue weighted by Gasteiger charge is 2.19. The van der Waals surface area contributed by atoms with Crippen molar-refractivity contribution in [3.05, 3.63) is 77.1 Å². The molecule has 0 radical (unpaired) electrons. The van der Waals surface area contributed by atoms with E-state index in [0.29, 0.717) is 16.3 Å². The van der Waals surface area contributed by atoms with Crippen molar-refractivity contribution in [2.75, 3.05) is 26.2 Å². The lowest BCUT2D eigenvalue weighted by molar-refractivity contribution is 0.0960. The summed E-state index contributed by atoms with van der Waals surface area (Å²) in [5, 5.41) is 17.8. The highest BCUT2D eigenvalue weighted by atomic mass is 32.1. The molecule has 0 spiro atoms. The number of hydrogen-bond acceptors (Lipinski definition) is 6. The summed E-state index contributed by atoms with van der Waals surface area (Å²) >= 11 is 1.38. The lowest BCUT2D eigenvalue weighted by Gasteiger charge is -2.32. The van der Waals surface area contributed by atoms with Gasteiger partial charge in [0.15, 0.2) is 0 Å². The number of carbonyl (C=O) groups excluding carboxylic acids is 1. The highest BCUT2D eigenvalue weighted by molar-refractivity contribution is 7.13. The summed E-state index contributed by atoms with van der Waals surface area (Å²) in [7, 11) is 0. The first-order valence-corrected chi connectivity index (χ1v) is 10.3. The Kier molecular flexibility index (Phi) is 6.95. The van der Waals surface area contributed by atoms with Gasteiger partial charge in [0.1, 0.15) is 10.7 Å². The molecule has 2 aromatic rings. The first-order chi connectivity index (χ1) is 14.2. The van der Waals surface area contributed by atoms with Crippen LogP contribution in [0.1, 0.15) is 23.0 Å². The third-order valence-corrected chi connectivity index (χ3v) is 5.41. The molecule has 0 atom stereocenters. The summed E-state index contributed by atoms with van der Waals surface area (Å²) in [4.78, 5) is 19.5. The van der Waals surface area contributed by atoms with Crippen LogP contribution in [-0.2, 0) is 0 Å². The van der Waals surface area contributed by atoms with Crippen LogP contribution in [0, 0.1) is 11.3 Å². The molecule has 0 saturated carbocycles. The number of benzene rings is 1. The first-order valence-electron chi connectivity index (χ1n) is 9.38. The lowest BCUT2D eigenvalue weighted by atomic mass is 10.1. The maximum Gasteiger partial charge on any atom is 0.275 e. The van der Waals surface area contributed by atoms with Crippen LogP contribution in [0.5, 0.6) is 0 Å². The maximum atomic E-state index is 12.8. The van der Waals surface area contributed by atoms with Crippen molar-refractivity contribution < 1.29 is 4.79 Å². The second kappa shape index (κ2) is 9.82. The van der Waals surface area contributed by atoms with Crippen molar-refractivity contribution in [1.82, 2.24) is 20.5 Å². The smallest absolute Gasteiger partial charge is 0.275 e. The van der Waals surface area contributed by atoms with E-state index in [1.807, 2.05) is 31.2 Å². The Morgan fingerprint density at radius 3 is 2.90 bits per heavy atom. The molecule has 3 rings (SSSR count). The van der Waals surface area contributed by atoms with E-state index < -0.39 is 0 Å². The number of rotatable bonds is 6. The molecule has 7 heteroatoms. The zero-order valence-electron chi connectivity index (χ0n) is 16.3. The van der Waals surface area contributed by atoms with E-state index in [4.69, 9.17) is 5.26 Å². The van der Waals surface area contributed by atoms with Crippen molar-refractivity contribution in [3.63, 3.8) is 0 Å². The molecule has 1 aromatic heterocycles. The number of thiazole rings is 1. The van der Waals surface area contributed by atoms with Crippen molar-refractivity contribution >= 4 is 17.2 Å². The maximum absolute atomic E-state index is 12.8. The first kappa shape index (κ1) is 20.5. The Morgan fingerprint density at radius 1 is 1.41 bits per heavy atom. The molecule has 2 N–H and O–H groups in total. The Morgan fingerprint density at radius 2 is 2.21 bits per heavy atom. The van der Waals surface area contributed by atoms with E-state index in [1.54, 1.807) is 23.6 Å². The van der Waals surface area contributed by atoms with Gasteiger partial charge in [-0.3, -0.25) is 4.79 Å². The average molecular weight is 406 g/mol. The number of carbonyl (C=O) groups is 1. The summed E-state index contributed by atoms with van der Waals surface area (Å²) in [6.45, 7) is 9.23. The van der Waals surface area contributed by atoms with E-state index in [-0.39, 0.29) is 5.91 Å². The molecule has 1 aromatic carbocycles. The van der Waals surface area contributed by atoms with Crippen molar-refractivity contribution in [2.24, 2.45) is 0 Å². The largest absolute Gasteiger partial charge is 0.367 e. The normalized spacial score (nSPS) is 15.0. The van der Waals surface area contributed by atoms with E-state index in [1.165, 1.54) is 11.3 Å². The Balaban J connectivity index is 1.77. The molecule has 148 valence electrons. The van der Waals surface area contributed by atoms with Gasteiger partial charge in [0, 0.05) is 37.1 Å². The van der Waals surface area contributed by atoms with Crippen LogP contribution in [0.3, 0.4) is 0 Å². The fourth-order valence-electron chi connectivity index (χ4n) is 3.09. The number of amides is 1. The van der Waals surface area contributed by atoms with Crippen LogP contribution in [0.2, 0.25) is 0 Å². The molecule has 1 aliphatic heterocycles. The molecule has 1 aliphatic rings. The Labute approximate surface area is 174 Å². The minimum absolute atomic E-state index is 0.262. The van der Waals surface area contributed by atoms with Crippen molar-refractivity contribution in [2.45, 2.75) is 6.92 Å². The minimum Gasteiger partial charge on any atom is -0.367 e. The van der Waals surface area contributed by atoms with Gasteiger partial charge >= 0.3 is 0 Å². The molecule has 0 unspecified atom stereocenters. The van der Waals surface area contributed by atoms with Crippen LogP contribution in [0.15, 0.2) is 65.8 Å². The molecule has 0 bridgehead atoms. The molecule has 1 saturated heterocycles. The number of nitriles is 1. The van der Waals surface area contributed by atoms with Gasteiger partial charge < -0.3 is 15.5 Å². The lowest BCUT2D eigenvalue weighted by Crippen LogP contribution is -2.44. The summed E-state index contributed by atoms with van der Waals surface area (Å²) in [5.74, 6) is -0.262. The summed E-state index contributed by atoms with van der Waals surface area (Å²) < 4.78 is 0. The fourth-order valence-corrected chi connectivity index (χ4v) is 3.88. The van der Waals surface area contributed by atoms with Gasteiger partial charge in [0.2, 0.25) is 0 Å². The SMILES string of the molecule is C=C/C=C(\C(=C/C)NC(=O)c1csc(-c2cccc(C#N)c2)n1)N1CCNCC1. The fraction of sp³-hybridized carbons (Fsp3) is 0.227. The van der Waals surface area contributed by atoms with Gasteiger partial charge in [-0.2, -0.15) is 5.26 Å². The van der Waals surface area contributed by atoms with E-state index in [2.05, 4.69) is 33.2 Å². The van der Waals surface area contributed by atoms with Crippen LogP contribution in [-0.4, -0.2) is 42.0 Å². The molecule has 0 aliphatic carbocycles. The van der Waals surface area contributed by atoms with Crippen LogP contribution >= 0.6 is 11.3 Å². The van der Waals surface area contributed by atoms with Crippen LogP contribution < -0.4 is 10.6 Å². The predicted molar refractivity (Wildman–Crippen MR) is 116 cm³/mol. The van der Waals surface area contributed by atoms with Crippen molar-refractivity contribution in [1.29, 1.82) is 5.26 Å². The highest BCUT2D eigenvalue weighted by Crippen LogP contribution is 2.25. The number of piperazine rings is 1.